The lowest BCUT2D eigenvalue weighted by Gasteiger charge is -2.58. The third-order valence-corrected chi connectivity index (χ3v) is 11.0. The number of phosphoric acid groups is 1. The first-order valence-corrected chi connectivity index (χ1v) is 18.5. The lowest BCUT2D eigenvalue weighted by molar-refractivity contribution is -0.137. The summed E-state index contributed by atoms with van der Waals surface area (Å²) in [5.74, 6) is -0.380. The highest BCUT2D eigenvalue weighted by Gasteiger charge is 2.62. The van der Waals surface area contributed by atoms with Gasteiger partial charge in [-0.05, 0) is 87.8 Å². The zero-order chi connectivity index (χ0) is 36.1. The van der Waals surface area contributed by atoms with Gasteiger partial charge >= 0.3 is 20.1 Å². The van der Waals surface area contributed by atoms with Gasteiger partial charge in [-0.25, -0.2) is 9.36 Å². The Bertz CT molecular complexity index is 1410. The van der Waals surface area contributed by atoms with Gasteiger partial charge in [-0.2, -0.15) is 13.2 Å². The van der Waals surface area contributed by atoms with E-state index in [0.717, 1.165) is 17.7 Å². The minimum atomic E-state index is -4.44. The average Bonchev–Trinajstić information content (AvgIpc) is 2.93. The van der Waals surface area contributed by atoms with Gasteiger partial charge in [0.2, 0.25) is 0 Å². The molecule has 0 radical (unpaired) electrons. The molecule has 0 bridgehead atoms. The second-order valence-corrected chi connectivity index (χ2v) is 17.5. The maximum Gasteiger partial charge on any atom is 0.474 e. The molecule has 1 amide bonds. The van der Waals surface area contributed by atoms with Crippen molar-refractivity contribution in [2.24, 2.45) is 11.3 Å². The molecule has 0 fully saturated rings. The molecule has 0 aromatic heterocycles. The summed E-state index contributed by atoms with van der Waals surface area (Å²) in [7, 11) is -1.35. The number of ether oxygens (including phenoxy) is 1. The number of benzene rings is 2. The Morgan fingerprint density at radius 3 is 2.09 bits per heavy atom. The minimum absolute atomic E-state index is 0.0461. The molecule has 3 unspecified atom stereocenters. The highest BCUT2D eigenvalue weighted by molar-refractivity contribution is 7.99. The van der Waals surface area contributed by atoms with E-state index in [-0.39, 0.29) is 12.5 Å². The number of hydrogen-bond donors (Lipinski definition) is 1. The molecule has 0 saturated heterocycles. The molecule has 1 N–H and O–H groups in total. The van der Waals surface area contributed by atoms with Crippen LogP contribution >= 0.6 is 31.2 Å². The highest BCUT2D eigenvalue weighted by Crippen LogP contribution is 2.58. The maximum atomic E-state index is 13.5. The number of alkyl carbamates (subject to hydrolysis) is 1. The first-order chi connectivity index (χ1) is 21.5. The normalized spacial score (nSPS) is 16.3. The van der Waals surface area contributed by atoms with Crippen molar-refractivity contribution < 1.29 is 45.3 Å². The number of alkyl halides is 3. The summed E-state index contributed by atoms with van der Waals surface area (Å²) in [5.41, 5.74) is -4.22. The predicted octanol–water partition coefficient (Wildman–Crippen LogP) is 8.86. The SMILES string of the molecule is COP(=O)(OC)OC(C)(CO[SiH3])C(NC(=O)OC(C)(C)C)(C(C)CCc1ccc(Sc2cccc(C(F)(F)F)c2)cc1Cl)C(C)(C)C. The molecule has 0 heterocycles. The fourth-order valence-corrected chi connectivity index (χ4v) is 8.90. The minimum Gasteiger partial charge on any atom is -0.444 e. The molecule has 8 nitrogen and oxygen atoms in total. The van der Waals surface area contributed by atoms with E-state index in [1.165, 1.54) is 32.0 Å². The molecule has 0 aliphatic rings. The molecule has 15 heteroatoms. The van der Waals surface area contributed by atoms with Crippen molar-refractivity contribution in [3.63, 3.8) is 0 Å². The van der Waals surface area contributed by atoms with Crippen LogP contribution in [0.25, 0.3) is 0 Å². The number of aryl methyl sites for hydroxylation is 1. The second-order valence-electron chi connectivity index (χ2n) is 13.6. The van der Waals surface area contributed by atoms with E-state index in [0.29, 0.717) is 38.1 Å². The smallest absolute Gasteiger partial charge is 0.444 e. The Labute approximate surface area is 289 Å². The molecule has 47 heavy (non-hydrogen) atoms. The van der Waals surface area contributed by atoms with Crippen LogP contribution in [0.3, 0.4) is 0 Å². The van der Waals surface area contributed by atoms with Gasteiger partial charge in [0.05, 0.1) is 17.7 Å². The van der Waals surface area contributed by atoms with Gasteiger partial charge in [0.1, 0.15) is 21.7 Å². The Hall–Kier alpha value is -1.57. The van der Waals surface area contributed by atoms with Crippen LogP contribution in [-0.2, 0) is 39.9 Å². The molecule has 3 atom stereocenters. The fraction of sp³-hybridized carbons (Fsp3) is 0.594. The molecular weight excluding hydrogens is 694 g/mol. The number of amides is 1. The first kappa shape index (κ1) is 41.6. The van der Waals surface area contributed by atoms with Crippen molar-refractivity contribution in [1.29, 1.82) is 0 Å². The lowest BCUT2D eigenvalue weighted by atomic mass is 9.57. The fourth-order valence-electron chi connectivity index (χ4n) is 6.10. The predicted molar refractivity (Wildman–Crippen MR) is 183 cm³/mol. The summed E-state index contributed by atoms with van der Waals surface area (Å²) in [6.45, 7) is 14.7. The van der Waals surface area contributed by atoms with Gasteiger partial charge < -0.3 is 14.5 Å². The molecule has 2 rings (SSSR count). The van der Waals surface area contributed by atoms with Crippen molar-refractivity contribution in [1.82, 2.24) is 5.32 Å². The Kier molecular flexibility index (Phi) is 14.1. The number of hydrogen-bond acceptors (Lipinski definition) is 8. The second kappa shape index (κ2) is 16.0. The average molecular weight is 742 g/mol. The topological polar surface area (TPSA) is 92.3 Å². The first-order valence-electron chi connectivity index (χ1n) is 15.0. The van der Waals surface area contributed by atoms with Crippen LogP contribution in [0, 0.1) is 11.3 Å². The van der Waals surface area contributed by atoms with E-state index >= 15 is 0 Å². The third kappa shape index (κ3) is 10.7. The number of halogens is 4. The van der Waals surface area contributed by atoms with E-state index in [4.69, 9.17) is 34.3 Å². The molecule has 0 aliphatic carbocycles. The largest absolute Gasteiger partial charge is 0.474 e. The van der Waals surface area contributed by atoms with Crippen LogP contribution < -0.4 is 5.32 Å². The molecular formula is C32H48ClF3NO7PSSi. The van der Waals surface area contributed by atoms with E-state index in [2.05, 4.69) is 5.32 Å². The lowest BCUT2D eigenvalue weighted by Crippen LogP contribution is -2.74. The van der Waals surface area contributed by atoms with Crippen molar-refractivity contribution in [3.8, 4) is 0 Å². The number of phosphoric ester groups is 1. The van der Waals surface area contributed by atoms with Crippen LogP contribution in [0.1, 0.15) is 72.9 Å². The molecule has 2 aromatic carbocycles. The van der Waals surface area contributed by atoms with Crippen LogP contribution in [0.5, 0.6) is 0 Å². The van der Waals surface area contributed by atoms with Gasteiger partial charge in [0, 0.05) is 29.0 Å². The molecule has 0 spiro atoms. The van der Waals surface area contributed by atoms with E-state index in [9.17, 15) is 22.5 Å². The van der Waals surface area contributed by atoms with Crippen LogP contribution in [-0.4, -0.2) is 54.1 Å². The number of carbonyl (C=O) groups is 1. The molecule has 266 valence electrons. The molecule has 2 aromatic rings. The van der Waals surface area contributed by atoms with Crippen molar-refractivity contribution >= 4 is 47.8 Å². The highest BCUT2D eigenvalue weighted by atomic mass is 35.5. The Morgan fingerprint density at radius 2 is 1.60 bits per heavy atom. The number of carbonyl (C=O) groups excluding carboxylic acids is 1. The summed E-state index contributed by atoms with van der Waals surface area (Å²) in [4.78, 5) is 14.7. The summed E-state index contributed by atoms with van der Waals surface area (Å²) in [5, 5.41) is 3.57. The molecule has 0 aliphatic heterocycles. The standard InChI is InChI=1S/C32H48ClF3NO7PSSi/c1-21(14-15-22-16-17-25(19-26(22)33)46-24-13-11-12-23(18-24)32(34,35)36)31(28(2,3)4,37-27(38)43-29(5,6)7)30(8,20-42-47)44-45(39,40-9)41-10/h11-13,16-19,21H,14-15,20H2,1-10,47H3,(H,37,38). The van der Waals surface area contributed by atoms with Gasteiger partial charge in [0.15, 0.2) is 0 Å². The zero-order valence-electron chi connectivity index (χ0n) is 29.0. The van der Waals surface area contributed by atoms with E-state index in [1.807, 2.05) is 39.8 Å². The summed E-state index contributed by atoms with van der Waals surface area (Å²) in [6, 6.07) is 10.5. The van der Waals surface area contributed by atoms with Gasteiger partial charge in [0.25, 0.3) is 0 Å². The van der Waals surface area contributed by atoms with Crippen molar-refractivity contribution in [2.75, 3.05) is 20.8 Å². The third-order valence-electron chi connectivity index (χ3n) is 7.90. The Balaban J connectivity index is 2.53. The van der Waals surface area contributed by atoms with Crippen LogP contribution in [0.15, 0.2) is 52.3 Å². The summed E-state index contributed by atoms with van der Waals surface area (Å²) >= 11 is 7.89. The van der Waals surface area contributed by atoms with Crippen LogP contribution in [0.4, 0.5) is 18.0 Å². The van der Waals surface area contributed by atoms with Gasteiger partial charge in [-0.3, -0.25) is 13.6 Å². The quantitative estimate of drug-likeness (QED) is 0.152. The van der Waals surface area contributed by atoms with Gasteiger partial charge in [-0.15, -0.1) is 0 Å². The molecule has 0 saturated carbocycles. The van der Waals surface area contributed by atoms with Gasteiger partial charge in [-0.1, -0.05) is 63.2 Å². The summed E-state index contributed by atoms with van der Waals surface area (Å²) in [6.07, 6.45) is -4.20. The van der Waals surface area contributed by atoms with Crippen molar-refractivity contribution in [2.45, 2.75) is 101 Å². The zero-order valence-corrected chi connectivity index (χ0v) is 33.4. The number of nitrogens with one attached hydrogen (secondary N) is 1. The van der Waals surface area contributed by atoms with Crippen molar-refractivity contribution in [3.05, 3.63) is 58.6 Å². The van der Waals surface area contributed by atoms with E-state index in [1.54, 1.807) is 39.8 Å². The maximum absolute atomic E-state index is 13.5. The monoisotopic (exact) mass is 741 g/mol. The Morgan fingerprint density at radius 1 is 1.00 bits per heavy atom. The van der Waals surface area contributed by atoms with Crippen LogP contribution in [0.2, 0.25) is 5.02 Å². The van der Waals surface area contributed by atoms with E-state index < -0.39 is 47.8 Å². The summed E-state index contributed by atoms with van der Waals surface area (Å²) < 4.78 is 81.1. The number of rotatable bonds is 14.